The van der Waals surface area contributed by atoms with Crippen LogP contribution < -0.4 is 11.1 Å². The number of nitrogens with two attached hydrogens (primary N) is 1. The highest BCUT2D eigenvalue weighted by molar-refractivity contribution is 5.82. The second kappa shape index (κ2) is 7.50. The Hall–Kier alpha value is -1.26. The molecule has 0 bridgehead atoms. The third-order valence-corrected chi connectivity index (χ3v) is 3.13. The number of nitrogens with one attached hydrogen (secondary N) is 1. The van der Waals surface area contributed by atoms with E-state index in [1.54, 1.807) is 0 Å². The fourth-order valence-electron chi connectivity index (χ4n) is 2.17. The summed E-state index contributed by atoms with van der Waals surface area (Å²) in [6.07, 6.45) is 2.73. The average molecular weight is 292 g/mol. The molecule has 0 radical (unpaired) electrons. The summed E-state index contributed by atoms with van der Waals surface area (Å²) in [6, 6.07) is -0.991. The zero-order valence-corrected chi connectivity index (χ0v) is 11.1. The molecule has 3 N–H and O–H groups in total. The average Bonchev–Trinajstić information content (AvgIpc) is 2.36. The van der Waals surface area contributed by atoms with E-state index in [2.05, 4.69) is 11.2 Å². The Balaban J connectivity index is 2.37. The first-order valence-corrected chi connectivity index (χ1v) is 6.49. The highest BCUT2D eigenvalue weighted by Gasteiger charge is 2.31. The number of ether oxygens (including phenoxy) is 1. The molecule has 1 amide bonds. The van der Waals surface area contributed by atoms with Crippen molar-refractivity contribution in [1.29, 1.82) is 0 Å². The highest BCUT2D eigenvalue weighted by atomic mass is 19.4. The van der Waals surface area contributed by atoms with Crippen molar-refractivity contribution in [3.8, 4) is 12.3 Å². The second-order valence-corrected chi connectivity index (χ2v) is 4.94. The van der Waals surface area contributed by atoms with Crippen molar-refractivity contribution in [3.63, 3.8) is 0 Å². The largest absolute Gasteiger partial charge is 0.411 e. The van der Waals surface area contributed by atoms with E-state index in [0.717, 1.165) is 0 Å². The molecule has 7 heteroatoms. The molecular weight excluding hydrogens is 273 g/mol. The van der Waals surface area contributed by atoms with Crippen LogP contribution >= 0.6 is 0 Å². The van der Waals surface area contributed by atoms with Gasteiger partial charge in [-0.2, -0.15) is 13.2 Å². The Labute approximate surface area is 116 Å². The van der Waals surface area contributed by atoms with E-state index < -0.39 is 24.9 Å². The lowest BCUT2D eigenvalue weighted by atomic mass is 9.92. The maximum absolute atomic E-state index is 12.1. The van der Waals surface area contributed by atoms with Gasteiger partial charge in [-0.15, -0.1) is 12.3 Å². The van der Waals surface area contributed by atoms with Crippen molar-refractivity contribution in [2.75, 3.05) is 6.61 Å². The lowest BCUT2D eigenvalue weighted by molar-refractivity contribution is -0.188. The van der Waals surface area contributed by atoms with E-state index in [4.69, 9.17) is 16.9 Å². The normalized spacial score (nSPS) is 24.8. The maximum Gasteiger partial charge on any atom is 0.411 e. The molecule has 1 rings (SSSR count). The lowest BCUT2D eigenvalue weighted by Crippen LogP contribution is -2.47. The third-order valence-electron chi connectivity index (χ3n) is 3.13. The maximum atomic E-state index is 12.1. The van der Waals surface area contributed by atoms with Gasteiger partial charge >= 0.3 is 6.18 Å². The van der Waals surface area contributed by atoms with Gasteiger partial charge in [0.05, 0.1) is 12.1 Å². The van der Waals surface area contributed by atoms with Crippen molar-refractivity contribution in [2.24, 2.45) is 5.73 Å². The van der Waals surface area contributed by atoms with Gasteiger partial charge in [-0.1, -0.05) is 0 Å². The van der Waals surface area contributed by atoms with Crippen LogP contribution in [0.1, 0.15) is 32.1 Å². The molecule has 4 nitrogen and oxygen atoms in total. The molecule has 1 aliphatic carbocycles. The summed E-state index contributed by atoms with van der Waals surface area (Å²) in [5, 5.41) is 2.71. The molecule has 1 saturated carbocycles. The molecule has 0 aromatic heterocycles. The molecule has 3 unspecified atom stereocenters. The van der Waals surface area contributed by atoms with Gasteiger partial charge in [-0.05, 0) is 25.7 Å². The molecule has 3 atom stereocenters. The molecule has 0 spiro atoms. The predicted molar refractivity (Wildman–Crippen MR) is 67.6 cm³/mol. The number of hydrogen-bond acceptors (Lipinski definition) is 3. The van der Waals surface area contributed by atoms with Crippen molar-refractivity contribution in [3.05, 3.63) is 0 Å². The van der Waals surface area contributed by atoms with Crippen LogP contribution in [-0.2, 0) is 9.53 Å². The molecule has 0 saturated heterocycles. The van der Waals surface area contributed by atoms with Crippen LogP contribution in [0.4, 0.5) is 13.2 Å². The van der Waals surface area contributed by atoms with E-state index in [-0.39, 0.29) is 18.4 Å². The number of alkyl halides is 3. The number of terminal acetylenes is 1. The van der Waals surface area contributed by atoms with E-state index in [1.165, 1.54) is 0 Å². The summed E-state index contributed by atoms with van der Waals surface area (Å²) in [5.41, 5.74) is 5.56. The molecule has 0 aromatic carbocycles. The molecule has 1 fully saturated rings. The van der Waals surface area contributed by atoms with Crippen molar-refractivity contribution >= 4 is 5.91 Å². The Kier molecular flexibility index (Phi) is 6.30. The van der Waals surface area contributed by atoms with Crippen LogP contribution in [-0.4, -0.2) is 36.9 Å². The van der Waals surface area contributed by atoms with Crippen LogP contribution in [0.25, 0.3) is 0 Å². The number of halogens is 3. The summed E-state index contributed by atoms with van der Waals surface area (Å²) >= 11 is 0. The summed E-state index contributed by atoms with van der Waals surface area (Å²) in [6.45, 7) is -1.26. The number of rotatable bonds is 5. The van der Waals surface area contributed by atoms with Crippen LogP contribution in [0.5, 0.6) is 0 Å². The van der Waals surface area contributed by atoms with Crippen LogP contribution in [0.2, 0.25) is 0 Å². The first kappa shape index (κ1) is 16.8. The van der Waals surface area contributed by atoms with Crippen molar-refractivity contribution < 1.29 is 22.7 Å². The minimum atomic E-state index is -4.33. The van der Waals surface area contributed by atoms with Crippen LogP contribution in [0, 0.1) is 12.3 Å². The molecule has 20 heavy (non-hydrogen) atoms. The van der Waals surface area contributed by atoms with E-state index in [1.807, 2.05) is 0 Å². The van der Waals surface area contributed by atoms with E-state index in [9.17, 15) is 18.0 Å². The first-order chi connectivity index (χ1) is 9.31. The molecule has 0 aromatic rings. The van der Waals surface area contributed by atoms with Gasteiger partial charge in [-0.3, -0.25) is 4.79 Å². The summed E-state index contributed by atoms with van der Waals surface area (Å²) in [7, 11) is 0. The van der Waals surface area contributed by atoms with Crippen molar-refractivity contribution in [2.45, 2.75) is 56.5 Å². The Bertz CT molecular complexity index is 366. The topological polar surface area (TPSA) is 64.4 Å². The number of carbonyl (C=O) groups is 1. The van der Waals surface area contributed by atoms with Gasteiger partial charge in [0.1, 0.15) is 6.61 Å². The standard InChI is InChI=1S/C13H19F3N2O2/c1-2-4-11(17)12(19)18-9-5-3-6-10(7-9)20-8-13(14,15)16/h1,9-11H,3-8,17H2,(H,18,19). The molecule has 1 aliphatic rings. The fourth-order valence-corrected chi connectivity index (χ4v) is 2.17. The monoisotopic (exact) mass is 292 g/mol. The Morgan fingerprint density at radius 2 is 2.20 bits per heavy atom. The summed E-state index contributed by atoms with van der Waals surface area (Å²) in [5.74, 6) is 1.92. The van der Waals surface area contributed by atoms with Crippen LogP contribution in [0.15, 0.2) is 0 Å². The molecule has 0 aliphatic heterocycles. The van der Waals surface area contributed by atoms with Gasteiger partial charge in [0.2, 0.25) is 5.91 Å². The Morgan fingerprint density at radius 3 is 2.80 bits per heavy atom. The predicted octanol–water partition coefficient (Wildman–Crippen LogP) is 1.34. The van der Waals surface area contributed by atoms with Gasteiger partial charge in [0.15, 0.2) is 0 Å². The highest BCUT2D eigenvalue weighted by Crippen LogP contribution is 2.24. The van der Waals surface area contributed by atoms with E-state index >= 15 is 0 Å². The minimum Gasteiger partial charge on any atom is -0.369 e. The number of amides is 1. The fraction of sp³-hybridized carbons (Fsp3) is 0.769. The quantitative estimate of drug-likeness (QED) is 0.752. The molecular formula is C13H19F3N2O2. The zero-order chi connectivity index (χ0) is 15.2. The second-order valence-electron chi connectivity index (χ2n) is 4.94. The number of hydrogen-bond donors (Lipinski definition) is 2. The van der Waals surface area contributed by atoms with Gasteiger partial charge in [0, 0.05) is 12.5 Å². The SMILES string of the molecule is C#CCC(N)C(=O)NC1CCCC(OCC(F)(F)F)C1. The van der Waals surface area contributed by atoms with Gasteiger partial charge in [-0.25, -0.2) is 0 Å². The van der Waals surface area contributed by atoms with Crippen LogP contribution in [0.3, 0.4) is 0 Å². The number of carbonyl (C=O) groups excluding carboxylic acids is 1. The third kappa shape index (κ3) is 6.26. The lowest BCUT2D eigenvalue weighted by Gasteiger charge is -2.30. The molecule has 114 valence electrons. The first-order valence-electron chi connectivity index (χ1n) is 6.49. The Morgan fingerprint density at radius 1 is 1.50 bits per heavy atom. The van der Waals surface area contributed by atoms with Gasteiger partial charge in [0.25, 0.3) is 0 Å². The summed E-state index contributed by atoms with van der Waals surface area (Å²) < 4.78 is 41.1. The smallest absolute Gasteiger partial charge is 0.369 e. The minimum absolute atomic E-state index is 0.132. The van der Waals surface area contributed by atoms with Gasteiger partial charge < -0.3 is 15.8 Å². The molecule has 0 heterocycles. The van der Waals surface area contributed by atoms with Crippen molar-refractivity contribution in [1.82, 2.24) is 5.32 Å². The summed E-state index contributed by atoms with van der Waals surface area (Å²) in [4.78, 5) is 11.7. The zero-order valence-electron chi connectivity index (χ0n) is 11.1. The van der Waals surface area contributed by atoms with E-state index in [0.29, 0.717) is 25.7 Å².